The maximum Gasteiger partial charge on any atom is 0.306 e. The van der Waals surface area contributed by atoms with Gasteiger partial charge in [-0.25, -0.2) is 0 Å². The summed E-state index contributed by atoms with van der Waals surface area (Å²) in [4.78, 5) is 38.3. The van der Waals surface area contributed by atoms with Gasteiger partial charge in [0.05, 0.1) is 0 Å². The van der Waals surface area contributed by atoms with Gasteiger partial charge in [0, 0.05) is 19.3 Å². The Hall–Kier alpha value is -5.23. The Kier molecular flexibility index (Phi) is 62.9. The molecule has 0 aromatic rings. The number of hydrogen-bond donors (Lipinski definition) is 0. The van der Waals surface area contributed by atoms with Gasteiger partial charge in [0.2, 0.25) is 0 Å². The third-order valence-electron chi connectivity index (χ3n) is 13.2. The van der Waals surface area contributed by atoms with Crippen molar-refractivity contribution in [3.63, 3.8) is 0 Å². The molecule has 0 saturated heterocycles. The molecule has 0 radical (unpaired) electrons. The summed E-state index contributed by atoms with van der Waals surface area (Å²) in [6.07, 6.45) is 99.3. The van der Waals surface area contributed by atoms with E-state index in [0.717, 1.165) is 135 Å². The van der Waals surface area contributed by atoms with Crippen LogP contribution in [0.5, 0.6) is 0 Å². The van der Waals surface area contributed by atoms with Crippen molar-refractivity contribution in [1.29, 1.82) is 0 Å². The van der Waals surface area contributed by atoms with Crippen LogP contribution in [0.15, 0.2) is 170 Å². The van der Waals surface area contributed by atoms with Crippen molar-refractivity contribution in [2.24, 2.45) is 0 Å². The minimum absolute atomic E-state index is 0.115. The SMILES string of the molecule is CC/C=C\C/C=C\C/C=C\C/C=C\C/C=C\C/C=C\C/C=C\C/C=C\CCCCC(=O)OCC(COC(=O)CCCCCCCCCCCCCCCCC)OC(=O)CCCC/C=C\C/C=C\C/C=C\C/C=C\C/C=C\C/C=C\CC. The smallest absolute Gasteiger partial charge is 0.306 e. The van der Waals surface area contributed by atoms with Crippen LogP contribution in [-0.4, -0.2) is 37.2 Å². The van der Waals surface area contributed by atoms with Gasteiger partial charge in [-0.05, 0) is 135 Å². The maximum atomic E-state index is 12.9. The molecule has 6 heteroatoms. The van der Waals surface area contributed by atoms with Crippen LogP contribution in [0.3, 0.4) is 0 Å². The molecular formula is C75H118O6. The fourth-order valence-corrected chi connectivity index (χ4v) is 8.40. The number of allylic oxidation sites excluding steroid dienone is 28. The molecule has 0 amide bonds. The molecule has 6 nitrogen and oxygen atoms in total. The second-order valence-corrected chi connectivity index (χ2v) is 20.9. The predicted octanol–water partition coefficient (Wildman–Crippen LogP) is 22.7. The fourth-order valence-electron chi connectivity index (χ4n) is 8.40. The molecule has 0 aliphatic carbocycles. The summed E-state index contributed by atoms with van der Waals surface area (Å²) < 4.78 is 16.9. The first-order valence-corrected chi connectivity index (χ1v) is 32.6. The number of ether oxygens (including phenoxy) is 3. The lowest BCUT2D eigenvalue weighted by molar-refractivity contribution is -0.167. The van der Waals surface area contributed by atoms with Gasteiger partial charge >= 0.3 is 17.9 Å². The van der Waals surface area contributed by atoms with Crippen molar-refractivity contribution < 1.29 is 28.6 Å². The first-order valence-electron chi connectivity index (χ1n) is 32.6. The lowest BCUT2D eigenvalue weighted by atomic mass is 10.0. The number of hydrogen-bond acceptors (Lipinski definition) is 6. The Bertz CT molecular complexity index is 1860. The number of carbonyl (C=O) groups excluding carboxylic acids is 3. The highest BCUT2D eigenvalue weighted by molar-refractivity contribution is 5.71. The highest BCUT2D eigenvalue weighted by Crippen LogP contribution is 2.15. The van der Waals surface area contributed by atoms with Crippen LogP contribution in [0.25, 0.3) is 0 Å². The monoisotopic (exact) mass is 1110 g/mol. The van der Waals surface area contributed by atoms with E-state index < -0.39 is 6.10 Å². The third-order valence-corrected chi connectivity index (χ3v) is 13.2. The van der Waals surface area contributed by atoms with Crippen LogP contribution in [-0.2, 0) is 28.6 Å². The molecule has 454 valence electrons. The molecule has 0 aliphatic rings. The lowest BCUT2D eigenvalue weighted by Gasteiger charge is -2.18. The Morgan fingerprint density at radius 3 is 0.753 bits per heavy atom. The van der Waals surface area contributed by atoms with Gasteiger partial charge in [-0.1, -0.05) is 281 Å². The van der Waals surface area contributed by atoms with Gasteiger partial charge in [-0.2, -0.15) is 0 Å². The van der Waals surface area contributed by atoms with Crippen LogP contribution in [0.4, 0.5) is 0 Å². The Morgan fingerprint density at radius 1 is 0.259 bits per heavy atom. The molecule has 1 atom stereocenters. The van der Waals surface area contributed by atoms with E-state index in [-0.39, 0.29) is 44.0 Å². The number of esters is 3. The zero-order valence-electron chi connectivity index (χ0n) is 52.0. The largest absolute Gasteiger partial charge is 0.462 e. The molecule has 81 heavy (non-hydrogen) atoms. The van der Waals surface area contributed by atoms with Crippen molar-refractivity contribution in [2.75, 3.05) is 13.2 Å². The van der Waals surface area contributed by atoms with Crippen molar-refractivity contribution >= 4 is 17.9 Å². The topological polar surface area (TPSA) is 78.9 Å². The van der Waals surface area contributed by atoms with Crippen LogP contribution >= 0.6 is 0 Å². The fraction of sp³-hybridized carbons (Fsp3) is 0.587. The molecule has 0 aliphatic heterocycles. The Balaban J connectivity index is 4.55. The molecule has 0 aromatic carbocycles. The van der Waals surface area contributed by atoms with E-state index in [1.807, 2.05) is 0 Å². The van der Waals surface area contributed by atoms with Gasteiger partial charge in [0.1, 0.15) is 13.2 Å². The van der Waals surface area contributed by atoms with Crippen molar-refractivity contribution in [3.05, 3.63) is 170 Å². The van der Waals surface area contributed by atoms with E-state index in [4.69, 9.17) is 14.2 Å². The average Bonchev–Trinajstić information content (AvgIpc) is 3.47. The van der Waals surface area contributed by atoms with Crippen molar-refractivity contribution in [3.8, 4) is 0 Å². The minimum Gasteiger partial charge on any atom is -0.462 e. The van der Waals surface area contributed by atoms with Gasteiger partial charge in [-0.3, -0.25) is 14.4 Å². The van der Waals surface area contributed by atoms with Gasteiger partial charge in [-0.15, -0.1) is 0 Å². The molecule has 0 fully saturated rings. The van der Waals surface area contributed by atoms with E-state index >= 15 is 0 Å². The van der Waals surface area contributed by atoms with Crippen molar-refractivity contribution in [1.82, 2.24) is 0 Å². The summed E-state index contributed by atoms with van der Waals surface area (Å²) in [7, 11) is 0. The molecule has 0 bridgehead atoms. The average molecular weight is 1120 g/mol. The molecule has 0 rings (SSSR count). The zero-order valence-corrected chi connectivity index (χ0v) is 52.0. The quantitative estimate of drug-likeness (QED) is 0.0261. The summed E-state index contributed by atoms with van der Waals surface area (Å²) in [5.74, 6) is -1.01. The molecule has 0 aromatic heterocycles. The standard InChI is InChI=1S/C75H118O6/c1-4-7-10-13-16-19-22-25-28-30-32-34-35-36-37-38-39-41-42-44-47-50-53-56-59-62-65-68-74(77)80-71-72(70-79-73(76)67-64-61-58-55-52-49-46-27-24-21-18-15-12-9-6-3)81-75(78)69-66-63-60-57-54-51-48-45-43-40-33-31-29-26-23-20-17-14-11-8-5-2/h7-8,10-11,16-17,19-20,25-26,28-29,32-34,36-37,39-41,44-45,47-48,53-54,56-57,72H,4-6,9,12-15,18,21-24,27,30-31,35,38,42-43,46,49-52,55,58-71H2,1-3H3/b10-7-,11-8-,19-16-,20-17-,28-25-,29-26-,34-32-,37-36-,40-33-,41-39-,47-44-,48-45-,56-53-,57-54-. The third kappa shape index (κ3) is 65.5. The maximum absolute atomic E-state index is 12.9. The highest BCUT2D eigenvalue weighted by Gasteiger charge is 2.19. The summed E-state index contributed by atoms with van der Waals surface area (Å²) in [6.45, 7) is 6.34. The molecule has 0 N–H and O–H groups in total. The second kappa shape index (κ2) is 67.3. The number of carbonyl (C=O) groups is 3. The van der Waals surface area contributed by atoms with E-state index in [2.05, 4.69) is 191 Å². The lowest BCUT2D eigenvalue weighted by Crippen LogP contribution is -2.30. The van der Waals surface area contributed by atoms with Gasteiger partial charge < -0.3 is 14.2 Å². The molecule has 0 saturated carbocycles. The van der Waals surface area contributed by atoms with E-state index in [1.54, 1.807) is 0 Å². The molecule has 0 heterocycles. The second-order valence-electron chi connectivity index (χ2n) is 20.9. The van der Waals surface area contributed by atoms with Gasteiger partial charge in [0.25, 0.3) is 0 Å². The normalized spacial score (nSPS) is 13.3. The van der Waals surface area contributed by atoms with Crippen LogP contribution in [0.1, 0.15) is 265 Å². The summed E-state index contributed by atoms with van der Waals surface area (Å²) in [5, 5.41) is 0. The molecule has 1 unspecified atom stereocenters. The van der Waals surface area contributed by atoms with Crippen LogP contribution in [0.2, 0.25) is 0 Å². The number of rotatable bonds is 57. The van der Waals surface area contributed by atoms with E-state index in [0.29, 0.717) is 19.3 Å². The summed E-state index contributed by atoms with van der Waals surface area (Å²) in [5.41, 5.74) is 0. The number of unbranched alkanes of at least 4 members (excludes halogenated alkanes) is 18. The summed E-state index contributed by atoms with van der Waals surface area (Å²) >= 11 is 0. The summed E-state index contributed by atoms with van der Waals surface area (Å²) in [6, 6.07) is 0. The Labute approximate surface area is 498 Å². The van der Waals surface area contributed by atoms with Gasteiger partial charge in [0.15, 0.2) is 6.10 Å². The highest BCUT2D eigenvalue weighted by atomic mass is 16.6. The molecular weight excluding hydrogens is 997 g/mol. The first-order chi connectivity index (χ1) is 40.0. The van der Waals surface area contributed by atoms with Crippen molar-refractivity contribution in [2.45, 2.75) is 271 Å². The molecule has 0 spiro atoms. The van der Waals surface area contributed by atoms with E-state index in [1.165, 1.54) is 77.0 Å². The van der Waals surface area contributed by atoms with Crippen LogP contribution in [0, 0.1) is 0 Å². The Morgan fingerprint density at radius 2 is 0.481 bits per heavy atom. The van der Waals surface area contributed by atoms with Crippen LogP contribution < -0.4 is 0 Å². The predicted molar refractivity (Wildman–Crippen MR) is 352 cm³/mol. The van der Waals surface area contributed by atoms with E-state index in [9.17, 15) is 14.4 Å². The zero-order chi connectivity index (χ0) is 58.5. The minimum atomic E-state index is -0.829. The first kappa shape index (κ1) is 75.8.